The number of carbonyl (C=O) groups is 1. The van der Waals surface area contributed by atoms with Crippen LogP contribution in [0.25, 0.3) is 0 Å². The van der Waals surface area contributed by atoms with Crippen LogP contribution in [-0.4, -0.2) is 50.3 Å². The minimum atomic E-state index is 0.0913. The van der Waals surface area contributed by atoms with Crippen molar-refractivity contribution < 1.29 is 14.3 Å². The van der Waals surface area contributed by atoms with Crippen molar-refractivity contribution in [2.45, 2.75) is 32.4 Å². The van der Waals surface area contributed by atoms with E-state index >= 15 is 0 Å². The summed E-state index contributed by atoms with van der Waals surface area (Å²) in [5.41, 5.74) is 1.07. The number of methoxy groups -OCH3 is 1. The highest BCUT2D eigenvalue weighted by molar-refractivity contribution is 5.76. The van der Waals surface area contributed by atoms with Gasteiger partial charge in [0.15, 0.2) is 0 Å². The Morgan fingerprint density at radius 2 is 2.18 bits per heavy atom. The first-order valence-electron chi connectivity index (χ1n) is 7.91. The van der Waals surface area contributed by atoms with Gasteiger partial charge in [0.25, 0.3) is 0 Å². The molecule has 0 aromatic heterocycles. The van der Waals surface area contributed by atoms with Crippen LogP contribution < -0.4 is 10.1 Å². The molecule has 1 amide bonds. The molecule has 22 heavy (non-hydrogen) atoms. The molecule has 2 rings (SSSR count). The number of nitrogens with zero attached hydrogens (tertiary/aromatic N) is 1. The molecular formula is C17H26N2O3. The third kappa shape index (κ3) is 5.66. The highest BCUT2D eigenvalue weighted by atomic mass is 16.5. The van der Waals surface area contributed by atoms with Gasteiger partial charge < -0.3 is 19.7 Å². The number of carbonyl (C=O) groups excluding carboxylic acids is 1. The molecule has 1 aromatic rings. The van der Waals surface area contributed by atoms with Crippen LogP contribution in [0.5, 0.6) is 5.75 Å². The third-order valence-electron chi connectivity index (χ3n) is 3.84. The first-order valence-corrected chi connectivity index (χ1v) is 7.91. The predicted molar refractivity (Wildman–Crippen MR) is 85.9 cm³/mol. The van der Waals surface area contributed by atoms with Crippen LogP contribution in [0.15, 0.2) is 24.3 Å². The lowest BCUT2D eigenvalue weighted by atomic mass is 10.2. The average Bonchev–Trinajstić information content (AvgIpc) is 2.75. The normalized spacial score (nSPS) is 19.5. The Balaban J connectivity index is 1.68. The van der Waals surface area contributed by atoms with E-state index in [1.165, 1.54) is 0 Å². The maximum absolute atomic E-state index is 12.0. The molecule has 1 aromatic carbocycles. The highest BCUT2D eigenvalue weighted by Gasteiger charge is 2.15. The SMILES string of the molecule is COc1ccc(CNC(=O)CCN2CCCO[C@H](C)C2)cc1. The second kappa shape index (κ2) is 8.76. The smallest absolute Gasteiger partial charge is 0.221 e. The topological polar surface area (TPSA) is 50.8 Å². The van der Waals surface area contributed by atoms with E-state index in [2.05, 4.69) is 17.1 Å². The van der Waals surface area contributed by atoms with E-state index in [0.717, 1.165) is 44.0 Å². The minimum absolute atomic E-state index is 0.0913. The summed E-state index contributed by atoms with van der Waals surface area (Å²) >= 11 is 0. The van der Waals surface area contributed by atoms with Gasteiger partial charge >= 0.3 is 0 Å². The Morgan fingerprint density at radius 1 is 1.41 bits per heavy atom. The van der Waals surface area contributed by atoms with E-state index in [1.54, 1.807) is 7.11 Å². The molecule has 0 saturated carbocycles. The predicted octanol–water partition coefficient (Wildman–Crippen LogP) is 1.81. The van der Waals surface area contributed by atoms with Gasteiger partial charge in [-0.1, -0.05) is 12.1 Å². The summed E-state index contributed by atoms with van der Waals surface area (Å²) in [4.78, 5) is 14.3. The van der Waals surface area contributed by atoms with Crippen molar-refractivity contribution in [1.82, 2.24) is 10.2 Å². The van der Waals surface area contributed by atoms with Gasteiger partial charge in [0.1, 0.15) is 5.75 Å². The number of hydrogen-bond acceptors (Lipinski definition) is 4. The summed E-state index contributed by atoms with van der Waals surface area (Å²) in [5.74, 6) is 0.918. The molecule has 1 aliphatic rings. The Hall–Kier alpha value is -1.59. The van der Waals surface area contributed by atoms with Crippen molar-refractivity contribution in [2.24, 2.45) is 0 Å². The highest BCUT2D eigenvalue weighted by Crippen LogP contribution is 2.11. The second-order valence-corrected chi connectivity index (χ2v) is 5.71. The van der Waals surface area contributed by atoms with E-state index in [-0.39, 0.29) is 12.0 Å². The fourth-order valence-electron chi connectivity index (χ4n) is 2.58. The maximum Gasteiger partial charge on any atom is 0.221 e. The summed E-state index contributed by atoms with van der Waals surface area (Å²) in [6, 6.07) is 7.74. The largest absolute Gasteiger partial charge is 0.497 e. The molecule has 1 saturated heterocycles. The van der Waals surface area contributed by atoms with Gasteiger partial charge in [-0.05, 0) is 31.0 Å². The molecular weight excluding hydrogens is 280 g/mol. The summed E-state index contributed by atoms with van der Waals surface area (Å²) in [5, 5.41) is 2.97. The molecule has 0 radical (unpaired) electrons. The van der Waals surface area contributed by atoms with Crippen LogP contribution in [0.4, 0.5) is 0 Å². The standard InChI is InChI=1S/C17H26N2O3/c1-14-13-19(9-3-11-22-14)10-8-17(20)18-12-15-4-6-16(21-2)7-5-15/h4-7,14H,3,8-13H2,1-2H3,(H,18,20)/t14-/m1/s1. The van der Waals surface area contributed by atoms with E-state index in [4.69, 9.17) is 9.47 Å². The van der Waals surface area contributed by atoms with Gasteiger partial charge in [0.2, 0.25) is 5.91 Å². The van der Waals surface area contributed by atoms with Gasteiger partial charge in [-0.3, -0.25) is 4.79 Å². The van der Waals surface area contributed by atoms with Gasteiger partial charge in [-0.25, -0.2) is 0 Å². The molecule has 1 aliphatic heterocycles. The molecule has 0 unspecified atom stereocenters. The molecule has 5 heteroatoms. The monoisotopic (exact) mass is 306 g/mol. The van der Waals surface area contributed by atoms with Crippen molar-refractivity contribution in [1.29, 1.82) is 0 Å². The number of benzene rings is 1. The Bertz CT molecular complexity index is 461. The van der Waals surface area contributed by atoms with Crippen LogP contribution in [0.1, 0.15) is 25.3 Å². The summed E-state index contributed by atoms with van der Waals surface area (Å²) < 4.78 is 10.7. The molecule has 0 bridgehead atoms. The van der Waals surface area contributed by atoms with Crippen LogP contribution in [0, 0.1) is 0 Å². The van der Waals surface area contributed by atoms with Crippen LogP contribution in [0.3, 0.4) is 0 Å². The van der Waals surface area contributed by atoms with Crippen LogP contribution in [0.2, 0.25) is 0 Å². The molecule has 1 atom stereocenters. The quantitative estimate of drug-likeness (QED) is 0.871. The van der Waals surface area contributed by atoms with Gasteiger partial charge in [0, 0.05) is 39.2 Å². The third-order valence-corrected chi connectivity index (χ3v) is 3.84. The lowest BCUT2D eigenvalue weighted by Gasteiger charge is -2.21. The van der Waals surface area contributed by atoms with Gasteiger partial charge in [0.05, 0.1) is 13.2 Å². The Morgan fingerprint density at radius 3 is 2.91 bits per heavy atom. The van der Waals surface area contributed by atoms with Crippen molar-refractivity contribution in [2.75, 3.05) is 33.4 Å². The van der Waals surface area contributed by atoms with Crippen LogP contribution in [-0.2, 0) is 16.1 Å². The van der Waals surface area contributed by atoms with Gasteiger partial charge in [-0.15, -0.1) is 0 Å². The number of nitrogens with one attached hydrogen (secondary N) is 1. The van der Waals surface area contributed by atoms with Crippen molar-refractivity contribution in [3.05, 3.63) is 29.8 Å². The summed E-state index contributed by atoms with van der Waals surface area (Å²) in [6.07, 6.45) is 1.82. The van der Waals surface area contributed by atoms with Crippen LogP contribution >= 0.6 is 0 Å². The number of hydrogen-bond donors (Lipinski definition) is 1. The van der Waals surface area contributed by atoms with E-state index in [1.807, 2.05) is 24.3 Å². The maximum atomic E-state index is 12.0. The number of rotatable bonds is 6. The van der Waals surface area contributed by atoms with E-state index < -0.39 is 0 Å². The Kier molecular flexibility index (Phi) is 6.68. The lowest BCUT2D eigenvalue weighted by Crippen LogP contribution is -2.34. The minimum Gasteiger partial charge on any atom is -0.497 e. The fraction of sp³-hybridized carbons (Fsp3) is 0.588. The number of ether oxygens (including phenoxy) is 2. The first kappa shape index (κ1) is 16.8. The van der Waals surface area contributed by atoms with Crippen molar-refractivity contribution >= 4 is 5.91 Å². The zero-order chi connectivity index (χ0) is 15.8. The van der Waals surface area contributed by atoms with Gasteiger partial charge in [-0.2, -0.15) is 0 Å². The van der Waals surface area contributed by atoms with E-state index in [0.29, 0.717) is 13.0 Å². The molecule has 1 fully saturated rings. The molecule has 122 valence electrons. The zero-order valence-corrected chi connectivity index (χ0v) is 13.5. The van der Waals surface area contributed by atoms with Crippen molar-refractivity contribution in [3.63, 3.8) is 0 Å². The summed E-state index contributed by atoms with van der Waals surface area (Å²) in [7, 11) is 1.64. The lowest BCUT2D eigenvalue weighted by molar-refractivity contribution is -0.121. The fourth-order valence-corrected chi connectivity index (χ4v) is 2.58. The molecule has 1 heterocycles. The van der Waals surface area contributed by atoms with Crippen molar-refractivity contribution in [3.8, 4) is 5.75 Å². The van der Waals surface area contributed by atoms with E-state index in [9.17, 15) is 4.79 Å². The number of amides is 1. The average molecular weight is 306 g/mol. The zero-order valence-electron chi connectivity index (χ0n) is 13.5. The summed E-state index contributed by atoms with van der Waals surface area (Å²) in [6.45, 7) is 6.18. The first-order chi connectivity index (χ1) is 10.7. The molecule has 0 aliphatic carbocycles. The molecule has 0 spiro atoms. The molecule has 5 nitrogen and oxygen atoms in total. The second-order valence-electron chi connectivity index (χ2n) is 5.71. The molecule has 1 N–H and O–H groups in total. The Labute approximate surface area is 132 Å².